The molecule has 3 rings (SSSR count). The Morgan fingerprint density at radius 2 is 1.61 bits per heavy atom. The van der Waals surface area contributed by atoms with Gasteiger partial charge < -0.3 is 14.6 Å². The van der Waals surface area contributed by atoms with Gasteiger partial charge in [0.2, 0.25) is 0 Å². The van der Waals surface area contributed by atoms with Crippen LogP contribution in [0.15, 0.2) is 54.6 Å². The topological polar surface area (TPSA) is 60.3 Å². The molecule has 3 aromatic rings. The lowest BCUT2D eigenvalue weighted by Crippen LogP contribution is -2.21. The van der Waals surface area contributed by atoms with Gasteiger partial charge in [-0.2, -0.15) is 0 Å². The Labute approximate surface area is 172 Å². The Kier molecular flexibility index (Phi) is 6.07. The van der Waals surface area contributed by atoms with Crippen molar-refractivity contribution in [1.82, 2.24) is 4.57 Å². The summed E-state index contributed by atoms with van der Waals surface area (Å²) < 4.78 is 7.16. The van der Waals surface area contributed by atoms with Gasteiger partial charge in [0.1, 0.15) is 0 Å². The molecule has 28 heavy (non-hydrogen) atoms. The summed E-state index contributed by atoms with van der Waals surface area (Å²) in [6, 6.07) is 15.8. The molecule has 7 heteroatoms. The average Bonchev–Trinajstić information content (AvgIpc) is 3.00. The van der Waals surface area contributed by atoms with E-state index in [9.17, 15) is 9.59 Å². The lowest BCUT2D eigenvalue weighted by atomic mass is 10.2. The molecule has 0 radical (unpaired) electrons. The second-order valence-corrected chi connectivity index (χ2v) is 7.09. The van der Waals surface area contributed by atoms with Crippen molar-refractivity contribution >= 4 is 40.8 Å². The summed E-state index contributed by atoms with van der Waals surface area (Å²) in [5, 5.41) is 3.34. The molecular formula is C21H18Cl2N2O3. The molecular weight excluding hydrogens is 399 g/mol. The number of halogens is 2. The van der Waals surface area contributed by atoms with Crippen LogP contribution in [0.4, 0.5) is 5.69 Å². The fourth-order valence-electron chi connectivity index (χ4n) is 2.81. The number of amides is 1. The minimum atomic E-state index is -0.579. The molecule has 0 atom stereocenters. The number of ether oxygens (including phenoxy) is 1. The van der Waals surface area contributed by atoms with Gasteiger partial charge in [-0.05, 0) is 68.4 Å². The summed E-state index contributed by atoms with van der Waals surface area (Å²) in [5.74, 6) is -1.07. The van der Waals surface area contributed by atoms with Crippen molar-refractivity contribution in [1.29, 1.82) is 0 Å². The van der Waals surface area contributed by atoms with E-state index in [0.717, 1.165) is 17.1 Å². The Morgan fingerprint density at radius 3 is 2.21 bits per heavy atom. The molecule has 0 bridgehead atoms. The van der Waals surface area contributed by atoms with Gasteiger partial charge in [0, 0.05) is 22.1 Å². The monoisotopic (exact) mass is 416 g/mol. The van der Waals surface area contributed by atoms with Crippen molar-refractivity contribution < 1.29 is 14.3 Å². The predicted molar refractivity (Wildman–Crippen MR) is 111 cm³/mol. The number of hydrogen-bond acceptors (Lipinski definition) is 3. The third kappa shape index (κ3) is 4.55. The second kappa shape index (κ2) is 8.50. The van der Waals surface area contributed by atoms with Crippen LogP contribution in [-0.4, -0.2) is 23.1 Å². The lowest BCUT2D eigenvalue weighted by molar-refractivity contribution is -0.119. The molecule has 5 nitrogen and oxygen atoms in total. The molecule has 0 aliphatic carbocycles. The highest BCUT2D eigenvalue weighted by Crippen LogP contribution is 2.25. The highest BCUT2D eigenvalue weighted by molar-refractivity contribution is 6.36. The standard InChI is InChI=1S/C21H18Cl2N2O3/c1-13-3-4-14(2)25(13)17-8-5-15(6-9-17)21(27)28-12-20(26)24-19-10-7-16(22)11-18(19)23/h3-11H,12H2,1-2H3,(H,24,26). The number of aromatic nitrogens is 1. The lowest BCUT2D eigenvalue weighted by Gasteiger charge is -2.11. The smallest absolute Gasteiger partial charge is 0.338 e. The number of esters is 1. The van der Waals surface area contributed by atoms with Gasteiger partial charge in [-0.25, -0.2) is 4.79 Å². The maximum absolute atomic E-state index is 12.2. The van der Waals surface area contributed by atoms with Crippen LogP contribution in [0.2, 0.25) is 10.0 Å². The van der Waals surface area contributed by atoms with E-state index in [1.54, 1.807) is 24.3 Å². The summed E-state index contributed by atoms with van der Waals surface area (Å²) in [6.45, 7) is 3.61. The number of carbonyl (C=O) groups excluding carboxylic acids is 2. The van der Waals surface area contributed by atoms with Crippen molar-refractivity contribution in [2.75, 3.05) is 11.9 Å². The number of carbonyl (C=O) groups is 2. The first-order chi connectivity index (χ1) is 13.3. The number of anilines is 1. The van der Waals surface area contributed by atoms with Crippen LogP contribution in [-0.2, 0) is 9.53 Å². The maximum Gasteiger partial charge on any atom is 0.338 e. The van der Waals surface area contributed by atoms with Crippen LogP contribution in [0.25, 0.3) is 5.69 Å². The van der Waals surface area contributed by atoms with Crippen molar-refractivity contribution in [3.8, 4) is 5.69 Å². The minimum Gasteiger partial charge on any atom is -0.452 e. The van der Waals surface area contributed by atoms with Crippen LogP contribution in [0.5, 0.6) is 0 Å². The molecule has 1 heterocycles. The van der Waals surface area contributed by atoms with Gasteiger partial charge in [-0.3, -0.25) is 4.79 Å². The Balaban J connectivity index is 1.59. The first kappa shape index (κ1) is 20.0. The van der Waals surface area contributed by atoms with Crippen LogP contribution in [0.3, 0.4) is 0 Å². The molecule has 1 N–H and O–H groups in total. The summed E-state index contributed by atoms with van der Waals surface area (Å²) in [5.41, 5.74) is 3.92. The molecule has 0 unspecified atom stereocenters. The van der Waals surface area contributed by atoms with E-state index in [1.165, 1.54) is 6.07 Å². The van der Waals surface area contributed by atoms with E-state index in [4.69, 9.17) is 27.9 Å². The third-order valence-electron chi connectivity index (χ3n) is 4.17. The average molecular weight is 417 g/mol. The molecule has 144 valence electrons. The number of rotatable bonds is 5. The molecule has 0 spiro atoms. The maximum atomic E-state index is 12.2. The third-order valence-corrected chi connectivity index (χ3v) is 4.72. The Hall–Kier alpha value is -2.76. The first-order valence-electron chi connectivity index (χ1n) is 8.52. The summed E-state index contributed by atoms with van der Waals surface area (Å²) >= 11 is 11.8. The van der Waals surface area contributed by atoms with E-state index >= 15 is 0 Å². The number of hydrogen-bond donors (Lipinski definition) is 1. The van der Waals surface area contributed by atoms with Gasteiger partial charge in [-0.1, -0.05) is 23.2 Å². The Morgan fingerprint density at radius 1 is 0.964 bits per heavy atom. The fraction of sp³-hybridized carbons (Fsp3) is 0.143. The van der Waals surface area contributed by atoms with E-state index in [0.29, 0.717) is 21.3 Å². The van der Waals surface area contributed by atoms with Crippen LogP contribution in [0.1, 0.15) is 21.7 Å². The molecule has 2 aromatic carbocycles. The summed E-state index contributed by atoms with van der Waals surface area (Å²) in [6.07, 6.45) is 0. The number of nitrogens with zero attached hydrogens (tertiary/aromatic N) is 1. The number of nitrogens with one attached hydrogen (secondary N) is 1. The molecule has 0 aliphatic heterocycles. The van der Waals surface area contributed by atoms with Gasteiger partial charge in [0.05, 0.1) is 16.3 Å². The van der Waals surface area contributed by atoms with E-state index in [-0.39, 0.29) is 0 Å². The van der Waals surface area contributed by atoms with E-state index in [2.05, 4.69) is 9.88 Å². The van der Waals surface area contributed by atoms with Gasteiger partial charge in [0.15, 0.2) is 6.61 Å². The first-order valence-corrected chi connectivity index (χ1v) is 9.28. The zero-order valence-electron chi connectivity index (χ0n) is 15.3. The number of benzene rings is 2. The summed E-state index contributed by atoms with van der Waals surface area (Å²) in [4.78, 5) is 24.2. The van der Waals surface area contributed by atoms with Crippen molar-refractivity contribution in [2.45, 2.75) is 13.8 Å². The van der Waals surface area contributed by atoms with Crippen molar-refractivity contribution in [3.63, 3.8) is 0 Å². The SMILES string of the molecule is Cc1ccc(C)n1-c1ccc(C(=O)OCC(=O)Nc2ccc(Cl)cc2Cl)cc1. The molecule has 0 saturated carbocycles. The normalized spacial score (nSPS) is 10.6. The molecule has 1 amide bonds. The van der Waals surface area contributed by atoms with Crippen LogP contribution >= 0.6 is 23.2 Å². The van der Waals surface area contributed by atoms with E-state index in [1.807, 2.05) is 38.1 Å². The summed E-state index contributed by atoms with van der Waals surface area (Å²) in [7, 11) is 0. The van der Waals surface area contributed by atoms with Gasteiger partial charge >= 0.3 is 5.97 Å². The number of aryl methyl sites for hydroxylation is 2. The predicted octanol–water partition coefficient (Wildman–Crippen LogP) is 5.20. The van der Waals surface area contributed by atoms with Crippen LogP contribution < -0.4 is 5.32 Å². The molecule has 0 aliphatic rings. The molecule has 0 fully saturated rings. The highest BCUT2D eigenvalue weighted by atomic mass is 35.5. The van der Waals surface area contributed by atoms with Crippen molar-refractivity contribution in [3.05, 3.63) is 81.6 Å². The van der Waals surface area contributed by atoms with Gasteiger partial charge in [0.25, 0.3) is 5.91 Å². The highest BCUT2D eigenvalue weighted by Gasteiger charge is 2.12. The zero-order chi connectivity index (χ0) is 20.3. The largest absolute Gasteiger partial charge is 0.452 e. The van der Waals surface area contributed by atoms with Crippen LogP contribution in [0, 0.1) is 13.8 Å². The van der Waals surface area contributed by atoms with E-state index < -0.39 is 18.5 Å². The molecule has 1 aromatic heterocycles. The Bertz CT molecular complexity index is 1010. The fourth-order valence-corrected chi connectivity index (χ4v) is 3.27. The minimum absolute atomic E-state index is 0.304. The van der Waals surface area contributed by atoms with Gasteiger partial charge in [-0.15, -0.1) is 0 Å². The zero-order valence-corrected chi connectivity index (χ0v) is 16.8. The molecule has 0 saturated heterocycles. The second-order valence-electron chi connectivity index (χ2n) is 6.25. The quantitative estimate of drug-likeness (QED) is 0.581. The van der Waals surface area contributed by atoms with Crippen molar-refractivity contribution in [2.24, 2.45) is 0 Å².